The number of ether oxygens (including phenoxy) is 1. The predicted octanol–water partition coefficient (Wildman–Crippen LogP) is 6.23. The standard InChI is InChI=1S/C31H29ClN4O2/c1-30(2)24-11-7-8-12-26(24)35-18-16-28(37)33-31(30,35)17-15-22-20-36(23-9-5-4-6-10-23)34-29(22)21-13-14-25(32)27(19-21)38-3/h4-15,17,19-20H,16,18H2,1-3H3,(H,33,37)/b17-15+/t31-/m0/s1. The topological polar surface area (TPSA) is 59.4 Å². The van der Waals surface area contributed by atoms with Crippen LogP contribution >= 0.6 is 11.6 Å². The summed E-state index contributed by atoms with van der Waals surface area (Å²) in [7, 11) is 1.60. The predicted molar refractivity (Wildman–Crippen MR) is 152 cm³/mol. The summed E-state index contributed by atoms with van der Waals surface area (Å²) in [5.41, 5.74) is 4.84. The molecule has 3 heterocycles. The molecule has 3 aromatic carbocycles. The van der Waals surface area contributed by atoms with Crippen LogP contribution in [0.15, 0.2) is 85.1 Å². The number of nitrogens with one attached hydrogen (secondary N) is 1. The van der Waals surface area contributed by atoms with Gasteiger partial charge in [-0.1, -0.05) is 74.0 Å². The first-order chi connectivity index (χ1) is 18.3. The highest BCUT2D eigenvalue weighted by molar-refractivity contribution is 6.32. The summed E-state index contributed by atoms with van der Waals surface area (Å²) in [6.07, 6.45) is 6.69. The highest BCUT2D eigenvalue weighted by Crippen LogP contribution is 2.52. The van der Waals surface area contributed by atoms with Crippen LogP contribution in [0.2, 0.25) is 5.02 Å². The molecule has 0 unspecified atom stereocenters. The molecule has 2 aliphatic rings. The monoisotopic (exact) mass is 524 g/mol. The lowest BCUT2D eigenvalue weighted by molar-refractivity contribution is -0.124. The summed E-state index contributed by atoms with van der Waals surface area (Å²) in [4.78, 5) is 15.2. The van der Waals surface area contributed by atoms with Gasteiger partial charge in [0.2, 0.25) is 5.91 Å². The Morgan fingerprint density at radius 1 is 1.05 bits per heavy atom. The lowest BCUT2D eigenvalue weighted by Crippen LogP contribution is -2.68. The van der Waals surface area contributed by atoms with Crippen molar-refractivity contribution in [3.63, 3.8) is 0 Å². The zero-order valence-electron chi connectivity index (χ0n) is 21.6. The second kappa shape index (κ2) is 9.07. The van der Waals surface area contributed by atoms with Crippen LogP contribution in [-0.4, -0.2) is 35.0 Å². The van der Waals surface area contributed by atoms with Gasteiger partial charge in [0.25, 0.3) is 0 Å². The van der Waals surface area contributed by atoms with E-state index in [1.54, 1.807) is 7.11 Å². The van der Waals surface area contributed by atoms with Crippen molar-refractivity contribution in [2.75, 3.05) is 18.6 Å². The maximum atomic E-state index is 12.8. The Labute approximate surface area is 227 Å². The van der Waals surface area contributed by atoms with Crippen LogP contribution in [-0.2, 0) is 10.2 Å². The Bertz CT molecular complexity index is 1560. The van der Waals surface area contributed by atoms with Gasteiger partial charge >= 0.3 is 0 Å². The molecular weight excluding hydrogens is 496 g/mol. The van der Waals surface area contributed by atoms with E-state index in [1.807, 2.05) is 59.4 Å². The number of amides is 1. The number of nitrogens with zero attached hydrogens (tertiary/aromatic N) is 3. The fraction of sp³-hybridized carbons (Fsp3) is 0.226. The van der Waals surface area contributed by atoms with E-state index in [9.17, 15) is 4.79 Å². The van der Waals surface area contributed by atoms with E-state index in [0.29, 0.717) is 23.7 Å². The molecule has 0 bridgehead atoms. The van der Waals surface area contributed by atoms with Gasteiger partial charge in [0.15, 0.2) is 0 Å². The molecule has 6 rings (SSSR count). The number of benzene rings is 3. The van der Waals surface area contributed by atoms with Crippen LogP contribution in [0.4, 0.5) is 5.69 Å². The molecular formula is C31H29ClN4O2. The smallest absolute Gasteiger partial charge is 0.223 e. The van der Waals surface area contributed by atoms with Crippen molar-refractivity contribution in [1.29, 1.82) is 0 Å². The molecule has 1 amide bonds. The number of para-hydroxylation sites is 2. The van der Waals surface area contributed by atoms with Crippen LogP contribution in [0.1, 0.15) is 31.4 Å². The van der Waals surface area contributed by atoms with Gasteiger partial charge in [0, 0.05) is 41.4 Å². The maximum Gasteiger partial charge on any atom is 0.223 e. The summed E-state index contributed by atoms with van der Waals surface area (Å²) < 4.78 is 7.36. The third kappa shape index (κ3) is 3.71. The Morgan fingerprint density at radius 3 is 2.61 bits per heavy atom. The van der Waals surface area contributed by atoms with Gasteiger partial charge in [-0.2, -0.15) is 5.10 Å². The summed E-state index contributed by atoms with van der Waals surface area (Å²) in [6, 6.07) is 24.1. The average Bonchev–Trinajstić information content (AvgIpc) is 3.44. The number of methoxy groups -OCH3 is 1. The first-order valence-electron chi connectivity index (χ1n) is 12.7. The Morgan fingerprint density at radius 2 is 1.82 bits per heavy atom. The Hall–Kier alpha value is -4.03. The fourth-order valence-electron chi connectivity index (χ4n) is 5.78. The largest absolute Gasteiger partial charge is 0.495 e. The molecule has 6 nitrogen and oxygen atoms in total. The molecule has 0 radical (unpaired) electrons. The van der Waals surface area contributed by atoms with Gasteiger partial charge in [-0.05, 0) is 42.0 Å². The minimum Gasteiger partial charge on any atom is -0.495 e. The van der Waals surface area contributed by atoms with Gasteiger partial charge in [0.05, 0.1) is 17.8 Å². The quantitative estimate of drug-likeness (QED) is 0.336. The highest BCUT2D eigenvalue weighted by Gasteiger charge is 2.57. The van der Waals surface area contributed by atoms with E-state index >= 15 is 0 Å². The number of anilines is 1. The molecule has 7 heteroatoms. The summed E-state index contributed by atoms with van der Waals surface area (Å²) >= 11 is 6.33. The van der Waals surface area contributed by atoms with Crippen LogP contribution in [0.5, 0.6) is 5.75 Å². The Kier molecular flexibility index (Phi) is 5.80. The fourth-order valence-corrected chi connectivity index (χ4v) is 5.98. The van der Waals surface area contributed by atoms with E-state index in [4.69, 9.17) is 21.4 Å². The molecule has 1 fully saturated rings. The van der Waals surface area contributed by atoms with Crippen LogP contribution in [0, 0.1) is 0 Å². The molecule has 0 aliphatic carbocycles. The van der Waals surface area contributed by atoms with Crippen molar-refractivity contribution >= 4 is 29.3 Å². The summed E-state index contributed by atoms with van der Waals surface area (Å²) in [5, 5.41) is 8.86. The number of rotatable bonds is 5. The minimum absolute atomic E-state index is 0.0504. The van der Waals surface area contributed by atoms with Crippen molar-refractivity contribution in [3.8, 4) is 22.7 Å². The zero-order chi connectivity index (χ0) is 26.5. The number of hydrogen-bond acceptors (Lipinski definition) is 4. The SMILES string of the molecule is COc1cc(-c2nn(-c3ccccc3)cc2/C=C/[C@]23NC(=O)CCN2c2ccccc2C3(C)C)ccc1Cl. The molecule has 0 saturated carbocycles. The van der Waals surface area contributed by atoms with Gasteiger partial charge in [-0.3, -0.25) is 4.79 Å². The molecule has 4 aromatic rings. The van der Waals surface area contributed by atoms with Crippen LogP contribution < -0.4 is 15.0 Å². The van der Waals surface area contributed by atoms with Crippen LogP contribution in [0.25, 0.3) is 23.0 Å². The van der Waals surface area contributed by atoms with Crippen molar-refractivity contribution in [1.82, 2.24) is 15.1 Å². The number of halogens is 1. The van der Waals surface area contributed by atoms with Crippen molar-refractivity contribution in [2.24, 2.45) is 0 Å². The van der Waals surface area contributed by atoms with Crippen molar-refractivity contribution in [3.05, 3.63) is 101 Å². The number of hydrogen-bond donors (Lipinski definition) is 1. The van der Waals surface area contributed by atoms with E-state index in [-0.39, 0.29) is 11.3 Å². The molecule has 1 N–H and O–H groups in total. The lowest BCUT2D eigenvalue weighted by atomic mass is 9.74. The van der Waals surface area contributed by atoms with Gasteiger partial charge in [0.1, 0.15) is 17.1 Å². The summed E-state index contributed by atoms with van der Waals surface area (Å²) in [6.45, 7) is 5.04. The average molecular weight is 525 g/mol. The third-order valence-electron chi connectivity index (χ3n) is 7.83. The zero-order valence-corrected chi connectivity index (χ0v) is 22.4. The third-order valence-corrected chi connectivity index (χ3v) is 8.14. The van der Waals surface area contributed by atoms with Gasteiger partial charge < -0.3 is 15.0 Å². The molecule has 38 heavy (non-hydrogen) atoms. The molecule has 192 valence electrons. The van der Waals surface area contributed by atoms with E-state index in [2.05, 4.69) is 60.5 Å². The number of aromatic nitrogens is 2. The molecule has 1 saturated heterocycles. The van der Waals surface area contributed by atoms with E-state index in [0.717, 1.165) is 28.2 Å². The van der Waals surface area contributed by atoms with Crippen molar-refractivity contribution in [2.45, 2.75) is 31.3 Å². The maximum absolute atomic E-state index is 12.8. The number of carbonyl (C=O) groups is 1. The van der Waals surface area contributed by atoms with E-state index in [1.165, 1.54) is 5.56 Å². The van der Waals surface area contributed by atoms with Gasteiger partial charge in [-0.25, -0.2) is 4.68 Å². The molecule has 0 spiro atoms. The molecule has 1 aromatic heterocycles. The highest BCUT2D eigenvalue weighted by atomic mass is 35.5. The second-order valence-electron chi connectivity index (χ2n) is 10.3. The second-order valence-corrected chi connectivity index (χ2v) is 10.7. The minimum atomic E-state index is -0.712. The molecule has 2 aliphatic heterocycles. The Balaban J connectivity index is 1.51. The first-order valence-corrected chi connectivity index (χ1v) is 13.1. The first kappa shape index (κ1) is 24.3. The van der Waals surface area contributed by atoms with Crippen molar-refractivity contribution < 1.29 is 9.53 Å². The normalized spacial score (nSPS) is 19.8. The van der Waals surface area contributed by atoms with Gasteiger partial charge in [-0.15, -0.1) is 0 Å². The number of fused-ring (bicyclic) bond motifs is 3. The van der Waals surface area contributed by atoms with Crippen LogP contribution in [0.3, 0.4) is 0 Å². The number of carbonyl (C=O) groups excluding carboxylic acids is 1. The summed E-state index contributed by atoms with van der Waals surface area (Å²) in [5.74, 6) is 0.638. The van der Waals surface area contributed by atoms with E-state index < -0.39 is 5.66 Å². The lowest BCUT2D eigenvalue weighted by Gasteiger charge is -2.49. The molecule has 1 atom stereocenters.